The van der Waals surface area contributed by atoms with Gasteiger partial charge in [-0.1, -0.05) is 63.2 Å². The van der Waals surface area contributed by atoms with E-state index < -0.39 is 6.04 Å². The van der Waals surface area contributed by atoms with E-state index in [0.29, 0.717) is 5.75 Å². The van der Waals surface area contributed by atoms with Crippen molar-refractivity contribution in [3.05, 3.63) is 65.7 Å². The van der Waals surface area contributed by atoms with Crippen molar-refractivity contribution in [2.45, 2.75) is 45.8 Å². The lowest BCUT2D eigenvalue weighted by Gasteiger charge is -2.19. The predicted molar refractivity (Wildman–Crippen MR) is 94.6 cm³/mol. The molecular formula is C20H25NO3. The Bertz CT molecular complexity index is 645. The minimum Gasteiger partial charge on any atom is -0.460 e. The molecule has 0 aliphatic heterocycles. The van der Waals surface area contributed by atoms with E-state index in [-0.39, 0.29) is 18.0 Å². The molecule has 0 fully saturated rings. The maximum Gasteiger partial charge on any atom is 0.326 e. The fourth-order valence-electron chi connectivity index (χ4n) is 2.08. The summed E-state index contributed by atoms with van der Waals surface area (Å²) >= 11 is 0. The fourth-order valence-corrected chi connectivity index (χ4v) is 2.08. The van der Waals surface area contributed by atoms with Crippen LogP contribution in [0.5, 0.6) is 5.75 Å². The Morgan fingerprint density at radius 3 is 2.25 bits per heavy atom. The van der Waals surface area contributed by atoms with Crippen molar-refractivity contribution in [3.8, 4) is 5.75 Å². The first kappa shape index (κ1) is 18.0. The van der Waals surface area contributed by atoms with Crippen LogP contribution in [0.3, 0.4) is 0 Å². The van der Waals surface area contributed by atoms with Gasteiger partial charge in [-0.05, 0) is 35.6 Å². The highest BCUT2D eigenvalue weighted by Gasteiger charge is 2.16. The number of hydroxylamine groups is 1. The number of ether oxygens (including phenoxy) is 1. The Kier molecular flexibility index (Phi) is 5.99. The van der Waals surface area contributed by atoms with E-state index in [1.54, 1.807) is 6.92 Å². The first-order valence-electron chi connectivity index (χ1n) is 8.10. The van der Waals surface area contributed by atoms with Gasteiger partial charge >= 0.3 is 5.97 Å². The van der Waals surface area contributed by atoms with Crippen LogP contribution in [-0.4, -0.2) is 12.0 Å². The standard InChI is InChI=1S/C20H25NO3/c1-15(19(22)23-14-16-8-6-5-7-9-16)21-24-18-12-10-17(11-13-18)20(2,3)4/h5-13,15,21H,14H2,1-4H3/t15-/m0/s1. The van der Waals surface area contributed by atoms with Gasteiger partial charge in [-0.25, -0.2) is 0 Å². The monoisotopic (exact) mass is 327 g/mol. The Morgan fingerprint density at radius 1 is 1.04 bits per heavy atom. The number of rotatable bonds is 6. The van der Waals surface area contributed by atoms with Crippen LogP contribution in [0, 0.1) is 0 Å². The van der Waals surface area contributed by atoms with Gasteiger partial charge in [0, 0.05) is 0 Å². The Labute approximate surface area is 143 Å². The average Bonchev–Trinajstić information content (AvgIpc) is 2.58. The van der Waals surface area contributed by atoms with Gasteiger partial charge in [0.25, 0.3) is 0 Å². The summed E-state index contributed by atoms with van der Waals surface area (Å²) in [6.45, 7) is 8.44. The van der Waals surface area contributed by atoms with Crippen LogP contribution in [0.2, 0.25) is 0 Å². The highest BCUT2D eigenvalue weighted by atomic mass is 16.7. The molecule has 0 aliphatic rings. The highest BCUT2D eigenvalue weighted by molar-refractivity contribution is 5.75. The summed E-state index contributed by atoms with van der Waals surface area (Å²) in [6, 6.07) is 16.8. The molecule has 0 saturated heterocycles. The van der Waals surface area contributed by atoms with Crippen LogP contribution in [0.15, 0.2) is 54.6 Å². The number of carbonyl (C=O) groups is 1. The molecule has 0 aliphatic carbocycles. The SMILES string of the molecule is C[C@H](NOc1ccc(C(C)(C)C)cc1)C(=O)OCc1ccccc1. The van der Waals surface area contributed by atoms with Crippen molar-refractivity contribution in [2.24, 2.45) is 0 Å². The zero-order valence-electron chi connectivity index (χ0n) is 14.7. The van der Waals surface area contributed by atoms with E-state index in [1.807, 2.05) is 54.6 Å². The Morgan fingerprint density at radius 2 is 1.67 bits per heavy atom. The largest absolute Gasteiger partial charge is 0.460 e. The maximum atomic E-state index is 12.0. The van der Waals surface area contributed by atoms with E-state index in [2.05, 4.69) is 26.3 Å². The zero-order chi connectivity index (χ0) is 17.6. The molecule has 0 bridgehead atoms. The number of hydrogen-bond donors (Lipinski definition) is 1. The smallest absolute Gasteiger partial charge is 0.326 e. The van der Waals surface area contributed by atoms with Crippen molar-refractivity contribution in [1.29, 1.82) is 0 Å². The fraction of sp³-hybridized carbons (Fsp3) is 0.350. The van der Waals surface area contributed by atoms with Gasteiger partial charge < -0.3 is 9.57 Å². The van der Waals surface area contributed by atoms with Gasteiger partial charge in [-0.15, -0.1) is 5.48 Å². The molecule has 1 atom stereocenters. The molecular weight excluding hydrogens is 302 g/mol. The second-order valence-electron chi connectivity index (χ2n) is 6.81. The van der Waals surface area contributed by atoms with Crippen LogP contribution in [-0.2, 0) is 21.6 Å². The molecule has 4 heteroatoms. The van der Waals surface area contributed by atoms with Gasteiger partial charge in [0.1, 0.15) is 18.4 Å². The highest BCUT2D eigenvalue weighted by Crippen LogP contribution is 2.24. The van der Waals surface area contributed by atoms with Crippen molar-refractivity contribution in [3.63, 3.8) is 0 Å². The van der Waals surface area contributed by atoms with Gasteiger partial charge in [0.15, 0.2) is 0 Å². The number of esters is 1. The van der Waals surface area contributed by atoms with E-state index in [1.165, 1.54) is 5.56 Å². The van der Waals surface area contributed by atoms with E-state index in [0.717, 1.165) is 5.56 Å². The quantitative estimate of drug-likeness (QED) is 0.643. The molecule has 0 unspecified atom stereocenters. The lowest BCUT2D eigenvalue weighted by molar-refractivity contribution is -0.149. The third-order valence-electron chi connectivity index (χ3n) is 3.65. The average molecular weight is 327 g/mol. The van der Waals surface area contributed by atoms with Crippen molar-refractivity contribution in [2.75, 3.05) is 0 Å². The maximum absolute atomic E-state index is 12.0. The minimum atomic E-state index is -0.559. The summed E-state index contributed by atoms with van der Waals surface area (Å²) in [5.41, 5.74) is 5.00. The topological polar surface area (TPSA) is 47.6 Å². The van der Waals surface area contributed by atoms with Gasteiger partial charge in [0.05, 0.1) is 0 Å². The van der Waals surface area contributed by atoms with Crippen LogP contribution in [0.1, 0.15) is 38.8 Å². The number of hydrogen-bond acceptors (Lipinski definition) is 4. The second-order valence-corrected chi connectivity index (χ2v) is 6.81. The first-order valence-corrected chi connectivity index (χ1v) is 8.10. The summed E-state index contributed by atoms with van der Waals surface area (Å²) in [6.07, 6.45) is 0. The molecule has 0 heterocycles. The molecule has 0 aromatic heterocycles. The third-order valence-corrected chi connectivity index (χ3v) is 3.65. The van der Waals surface area contributed by atoms with Crippen molar-refractivity contribution in [1.82, 2.24) is 5.48 Å². The minimum absolute atomic E-state index is 0.0977. The summed E-state index contributed by atoms with van der Waals surface area (Å²) in [7, 11) is 0. The number of nitrogens with one attached hydrogen (secondary N) is 1. The Balaban J connectivity index is 1.79. The molecule has 0 saturated carbocycles. The lowest BCUT2D eigenvalue weighted by atomic mass is 9.87. The number of carbonyl (C=O) groups excluding carboxylic acids is 1. The summed E-state index contributed by atoms with van der Waals surface area (Å²) in [5, 5.41) is 0. The van der Waals surface area contributed by atoms with Crippen LogP contribution in [0.4, 0.5) is 0 Å². The van der Waals surface area contributed by atoms with Crippen LogP contribution < -0.4 is 10.3 Å². The molecule has 4 nitrogen and oxygen atoms in total. The molecule has 2 aromatic rings. The lowest BCUT2D eigenvalue weighted by Crippen LogP contribution is -2.37. The van der Waals surface area contributed by atoms with Crippen LogP contribution >= 0.6 is 0 Å². The van der Waals surface area contributed by atoms with Gasteiger partial charge in [0.2, 0.25) is 0 Å². The predicted octanol–water partition coefficient (Wildman–Crippen LogP) is 4.00. The summed E-state index contributed by atoms with van der Waals surface area (Å²) < 4.78 is 5.26. The molecule has 128 valence electrons. The van der Waals surface area contributed by atoms with Gasteiger partial charge in [-0.2, -0.15) is 0 Å². The third kappa shape index (κ3) is 5.39. The molecule has 0 spiro atoms. The normalized spacial score (nSPS) is 12.5. The van der Waals surface area contributed by atoms with Crippen molar-refractivity contribution < 1.29 is 14.4 Å². The van der Waals surface area contributed by atoms with E-state index in [4.69, 9.17) is 9.57 Å². The van der Waals surface area contributed by atoms with E-state index in [9.17, 15) is 4.79 Å². The molecule has 1 N–H and O–H groups in total. The summed E-state index contributed by atoms with van der Waals surface area (Å²) in [5.74, 6) is 0.302. The Hall–Kier alpha value is -2.33. The number of benzene rings is 2. The van der Waals surface area contributed by atoms with Crippen molar-refractivity contribution >= 4 is 5.97 Å². The first-order chi connectivity index (χ1) is 11.4. The molecule has 0 amide bonds. The van der Waals surface area contributed by atoms with Crippen LogP contribution in [0.25, 0.3) is 0 Å². The van der Waals surface area contributed by atoms with Gasteiger partial charge in [-0.3, -0.25) is 4.79 Å². The molecule has 2 aromatic carbocycles. The van der Waals surface area contributed by atoms with E-state index >= 15 is 0 Å². The second kappa shape index (κ2) is 7.97. The summed E-state index contributed by atoms with van der Waals surface area (Å²) in [4.78, 5) is 17.4. The molecule has 24 heavy (non-hydrogen) atoms. The molecule has 0 radical (unpaired) electrons. The molecule has 2 rings (SSSR count). The zero-order valence-corrected chi connectivity index (χ0v) is 14.7.